The second kappa shape index (κ2) is 7.85. The number of benzene rings is 1. The number of nitrogens with one attached hydrogen (secondary N) is 2. The van der Waals surface area contributed by atoms with E-state index in [0.29, 0.717) is 17.2 Å². The van der Waals surface area contributed by atoms with Crippen LogP contribution in [0.5, 0.6) is 0 Å². The van der Waals surface area contributed by atoms with Crippen LogP contribution in [0.2, 0.25) is 0 Å². The van der Waals surface area contributed by atoms with Gasteiger partial charge in [-0.05, 0) is 57.2 Å². The minimum absolute atomic E-state index is 0.00789. The summed E-state index contributed by atoms with van der Waals surface area (Å²) in [5, 5.41) is 19.2. The number of aryl methyl sites for hydroxylation is 1. The summed E-state index contributed by atoms with van der Waals surface area (Å²) in [6.07, 6.45) is 2.03. The van der Waals surface area contributed by atoms with Gasteiger partial charge in [0.1, 0.15) is 5.69 Å². The van der Waals surface area contributed by atoms with Gasteiger partial charge >= 0.3 is 0 Å². The molecule has 1 aliphatic rings. The van der Waals surface area contributed by atoms with Crippen molar-refractivity contribution in [2.45, 2.75) is 45.6 Å². The quantitative estimate of drug-likeness (QED) is 0.806. The van der Waals surface area contributed by atoms with E-state index >= 15 is 0 Å². The zero-order valence-corrected chi connectivity index (χ0v) is 16.7. The van der Waals surface area contributed by atoms with Crippen molar-refractivity contribution in [2.75, 3.05) is 13.6 Å². The predicted molar refractivity (Wildman–Crippen MR) is 106 cm³/mol. The van der Waals surface area contributed by atoms with Crippen LogP contribution in [-0.4, -0.2) is 35.2 Å². The Balaban J connectivity index is 2.09. The number of carbonyl (C=O) groups excluding carboxylic acids is 2. The molecule has 0 bridgehead atoms. The minimum Gasteiger partial charge on any atom is -0.358 e. The number of nitrogens with zero attached hydrogens (tertiary/aromatic N) is 3. The van der Waals surface area contributed by atoms with E-state index in [-0.39, 0.29) is 24.4 Å². The maximum absolute atomic E-state index is 13.0. The van der Waals surface area contributed by atoms with Gasteiger partial charge in [-0.15, -0.1) is 0 Å². The fraction of sp³-hybridized carbons (Fsp3) is 0.429. The Morgan fingerprint density at radius 1 is 1.36 bits per heavy atom. The van der Waals surface area contributed by atoms with Gasteiger partial charge in [-0.25, -0.2) is 0 Å². The number of aromatic nitrogens is 2. The number of likely N-dealkylation sites (N-methyl/N-ethyl adjacent to an activating group) is 1. The topological polar surface area (TPSA) is 99.8 Å². The standard InChI is InChI=1S/C21H25N5O2/c1-12(2)26-20(21(28)24-11-17(27)23-4)18(14-5-6-14)19(25-26)15-7-8-16(10-22)13(3)9-15/h7-9,12,14H,5-6,11H2,1-4H3,(H,23,27)(H,24,28). The summed E-state index contributed by atoms with van der Waals surface area (Å²) < 4.78 is 1.75. The molecule has 0 atom stereocenters. The van der Waals surface area contributed by atoms with Crippen molar-refractivity contribution in [3.8, 4) is 17.3 Å². The fourth-order valence-corrected chi connectivity index (χ4v) is 3.29. The van der Waals surface area contributed by atoms with E-state index in [1.54, 1.807) is 10.7 Å². The monoisotopic (exact) mass is 379 g/mol. The molecule has 146 valence electrons. The Morgan fingerprint density at radius 2 is 2.07 bits per heavy atom. The predicted octanol–water partition coefficient (Wildman–Crippen LogP) is 2.66. The molecule has 7 heteroatoms. The van der Waals surface area contributed by atoms with Crippen molar-refractivity contribution in [1.82, 2.24) is 20.4 Å². The molecule has 0 spiro atoms. The average Bonchev–Trinajstić information content (AvgIpc) is 3.44. The van der Waals surface area contributed by atoms with Gasteiger partial charge in [-0.3, -0.25) is 14.3 Å². The molecule has 2 N–H and O–H groups in total. The fourth-order valence-electron chi connectivity index (χ4n) is 3.29. The van der Waals surface area contributed by atoms with Crippen LogP contribution in [0.25, 0.3) is 11.3 Å². The highest BCUT2D eigenvalue weighted by Gasteiger charge is 2.36. The summed E-state index contributed by atoms with van der Waals surface area (Å²) in [6.45, 7) is 5.78. The number of rotatable bonds is 6. The molecular weight excluding hydrogens is 354 g/mol. The van der Waals surface area contributed by atoms with Crippen LogP contribution < -0.4 is 10.6 Å². The van der Waals surface area contributed by atoms with Gasteiger partial charge in [0.05, 0.1) is 23.9 Å². The molecule has 1 heterocycles. The summed E-state index contributed by atoms with van der Waals surface area (Å²) in [6, 6.07) is 7.80. The lowest BCUT2D eigenvalue weighted by Gasteiger charge is -2.12. The van der Waals surface area contributed by atoms with E-state index in [0.717, 1.165) is 35.2 Å². The third-order valence-corrected chi connectivity index (χ3v) is 4.95. The maximum atomic E-state index is 13.0. The number of carbonyl (C=O) groups is 2. The zero-order chi connectivity index (χ0) is 20.4. The van der Waals surface area contributed by atoms with E-state index in [1.165, 1.54) is 7.05 Å². The Morgan fingerprint density at radius 3 is 2.61 bits per heavy atom. The number of amides is 2. The molecule has 7 nitrogen and oxygen atoms in total. The summed E-state index contributed by atoms with van der Waals surface area (Å²) in [4.78, 5) is 24.5. The molecule has 2 amide bonds. The minimum atomic E-state index is -0.289. The van der Waals surface area contributed by atoms with Crippen molar-refractivity contribution >= 4 is 11.8 Å². The lowest BCUT2D eigenvalue weighted by molar-refractivity contribution is -0.119. The lowest BCUT2D eigenvalue weighted by Crippen LogP contribution is -2.36. The molecule has 1 aromatic heterocycles. The van der Waals surface area contributed by atoms with Crippen LogP contribution in [0.3, 0.4) is 0 Å². The van der Waals surface area contributed by atoms with Crippen molar-refractivity contribution < 1.29 is 9.59 Å². The van der Waals surface area contributed by atoms with E-state index in [4.69, 9.17) is 5.10 Å². The highest BCUT2D eigenvalue weighted by Crippen LogP contribution is 2.46. The van der Waals surface area contributed by atoms with Crippen LogP contribution in [0, 0.1) is 18.3 Å². The van der Waals surface area contributed by atoms with Crippen molar-refractivity contribution in [3.63, 3.8) is 0 Å². The Bertz CT molecular complexity index is 964. The zero-order valence-electron chi connectivity index (χ0n) is 16.7. The first-order chi connectivity index (χ1) is 13.4. The number of hydrogen-bond donors (Lipinski definition) is 2. The van der Waals surface area contributed by atoms with Crippen molar-refractivity contribution in [3.05, 3.63) is 40.6 Å². The van der Waals surface area contributed by atoms with Crippen LogP contribution >= 0.6 is 0 Å². The third kappa shape index (κ3) is 3.77. The molecule has 0 unspecified atom stereocenters. The van der Waals surface area contributed by atoms with Gasteiger partial charge in [-0.2, -0.15) is 10.4 Å². The highest BCUT2D eigenvalue weighted by atomic mass is 16.2. The van der Waals surface area contributed by atoms with Gasteiger partial charge in [-0.1, -0.05) is 6.07 Å². The second-order valence-corrected chi connectivity index (χ2v) is 7.42. The third-order valence-electron chi connectivity index (χ3n) is 4.95. The number of hydrogen-bond acceptors (Lipinski definition) is 4. The van der Waals surface area contributed by atoms with Gasteiger partial charge < -0.3 is 10.6 Å². The summed E-state index contributed by atoms with van der Waals surface area (Å²) in [7, 11) is 1.54. The van der Waals surface area contributed by atoms with Gasteiger partial charge in [0.15, 0.2) is 0 Å². The molecule has 2 aromatic rings. The molecular formula is C21H25N5O2. The maximum Gasteiger partial charge on any atom is 0.270 e. The van der Waals surface area contributed by atoms with Crippen molar-refractivity contribution in [1.29, 1.82) is 5.26 Å². The summed E-state index contributed by atoms with van der Waals surface area (Å²) >= 11 is 0. The van der Waals surface area contributed by atoms with E-state index in [2.05, 4.69) is 16.7 Å². The summed E-state index contributed by atoms with van der Waals surface area (Å²) in [5.41, 5.74) is 4.66. The molecule has 1 fully saturated rings. The highest BCUT2D eigenvalue weighted by molar-refractivity contribution is 5.98. The smallest absolute Gasteiger partial charge is 0.270 e. The second-order valence-electron chi connectivity index (χ2n) is 7.42. The van der Waals surface area contributed by atoms with Gasteiger partial charge in [0.25, 0.3) is 5.91 Å². The molecule has 0 radical (unpaired) electrons. The van der Waals surface area contributed by atoms with E-state index < -0.39 is 0 Å². The van der Waals surface area contributed by atoms with Crippen LogP contribution in [0.15, 0.2) is 18.2 Å². The molecule has 1 aliphatic carbocycles. The average molecular weight is 379 g/mol. The first-order valence-electron chi connectivity index (χ1n) is 9.49. The normalized spacial score (nSPS) is 13.3. The van der Waals surface area contributed by atoms with Crippen LogP contribution in [0.4, 0.5) is 0 Å². The van der Waals surface area contributed by atoms with Crippen LogP contribution in [0.1, 0.15) is 65.8 Å². The Hall–Kier alpha value is -3.14. The molecule has 28 heavy (non-hydrogen) atoms. The van der Waals surface area contributed by atoms with E-state index in [9.17, 15) is 14.9 Å². The SMILES string of the molecule is CNC(=O)CNC(=O)c1c(C2CC2)c(-c2ccc(C#N)c(C)c2)nn1C(C)C. The first kappa shape index (κ1) is 19.6. The molecule has 3 rings (SSSR count). The number of nitriles is 1. The molecule has 0 saturated heterocycles. The van der Waals surface area contributed by atoms with Crippen LogP contribution in [-0.2, 0) is 4.79 Å². The Labute approximate surface area is 164 Å². The Kier molecular flexibility index (Phi) is 5.50. The first-order valence-corrected chi connectivity index (χ1v) is 9.49. The van der Waals surface area contributed by atoms with E-state index in [1.807, 2.05) is 32.9 Å². The van der Waals surface area contributed by atoms with Gasteiger partial charge in [0, 0.05) is 24.2 Å². The lowest BCUT2D eigenvalue weighted by atomic mass is 9.98. The van der Waals surface area contributed by atoms with Gasteiger partial charge in [0.2, 0.25) is 5.91 Å². The van der Waals surface area contributed by atoms with Crippen molar-refractivity contribution in [2.24, 2.45) is 0 Å². The largest absolute Gasteiger partial charge is 0.358 e. The summed E-state index contributed by atoms with van der Waals surface area (Å²) in [5.74, 6) is -0.248. The molecule has 1 saturated carbocycles. The molecule has 0 aliphatic heterocycles. The molecule has 1 aromatic carbocycles.